The number of para-hydroxylation sites is 1. The first-order valence-corrected chi connectivity index (χ1v) is 5.76. The summed E-state index contributed by atoms with van der Waals surface area (Å²) in [5.41, 5.74) is 1.56. The highest BCUT2D eigenvalue weighted by Gasteiger charge is 2.13. The van der Waals surface area contributed by atoms with Gasteiger partial charge < -0.3 is 9.15 Å². The van der Waals surface area contributed by atoms with Crippen molar-refractivity contribution in [2.24, 2.45) is 0 Å². The Labute approximate surface area is 109 Å². The fourth-order valence-electron chi connectivity index (χ4n) is 1.76. The number of methoxy groups -OCH3 is 1. The van der Waals surface area contributed by atoms with Crippen LogP contribution in [0.1, 0.15) is 0 Å². The van der Waals surface area contributed by atoms with Crippen molar-refractivity contribution in [1.29, 1.82) is 0 Å². The van der Waals surface area contributed by atoms with Gasteiger partial charge in [0.05, 0.1) is 18.2 Å². The van der Waals surface area contributed by atoms with E-state index in [4.69, 9.17) is 9.15 Å². The molecule has 2 heterocycles. The van der Waals surface area contributed by atoms with E-state index in [0.29, 0.717) is 17.5 Å². The molecule has 3 rings (SSSR count). The van der Waals surface area contributed by atoms with Gasteiger partial charge in [-0.25, -0.2) is 0 Å². The van der Waals surface area contributed by atoms with Gasteiger partial charge in [0.2, 0.25) is 5.89 Å². The maximum absolute atomic E-state index is 5.66. The molecule has 0 fully saturated rings. The summed E-state index contributed by atoms with van der Waals surface area (Å²) in [7, 11) is 1.61. The van der Waals surface area contributed by atoms with Gasteiger partial charge >= 0.3 is 0 Å². The highest BCUT2D eigenvalue weighted by atomic mass is 16.5. The van der Waals surface area contributed by atoms with Gasteiger partial charge in [-0.1, -0.05) is 12.1 Å². The molecule has 0 radical (unpaired) electrons. The molecule has 5 heteroatoms. The van der Waals surface area contributed by atoms with Crippen LogP contribution in [0, 0.1) is 0 Å². The third-order valence-corrected chi connectivity index (χ3v) is 2.67. The quantitative estimate of drug-likeness (QED) is 0.718. The molecule has 0 N–H and O–H groups in total. The lowest BCUT2D eigenvalue weighted by Crippen LogP contribution is -1.87. The Morgan fingerprint density at radius 3 is 2.63 bits per heavy atom. The van der Waals surface area contributed by atoms with Gasteiger partial charge in [-0.15, -0.1) is 10.2 Å². The van der Waals surface area contributed by atoms with E-state index in [2.05, 4.69) is 15.2 Å². The number of hydrogen-bond donors (Lipinski definition) is 0. The van der Waals surface area contributed by atoms with E-state index < -0.39 is 0 Å². The Kier molecular flexibility index (Phi) is 2.94. The molecule has 0 saturated carbocycles. The number of aromatic nitrogens is 3. The van der Waals surface area contributed by atoms with Crippen molar-refractivity contribution in [3.05, 3.63) is 48.8 Å². The summed E-state index contributed by atoms with van der Waals surface area (Å²) < 4.78 is 10.9. The molecule has 3 aromatic rings. The van der Waals surface area contributed by atoms with Gasteiger partial charge in [0, 0.05) is 12.4 Å². The van der Waals surface area contributed by atoms with Crippen LogP contribution in [0.3, 0.4) is 0 Å². The first kappa shape index (κ1) is 11.4. The monoisotopic (exact) mass is 253 g/mol. The van der Waals surface area contributed by atoms with Crippen molar-refractivity contribution >= 4 is 0 Å². The van der Waals surface area contributed by atoms with Gasteiger partial charge in [0.15, 0.2) is 0 Å². The van der Waals surface area contributed by atoms with E-state index in [1.807, 2.05) is 36.4 Å². The maximum atomic E-state index is 5.66. The fraction of sp³-hybridized carbons (Fsp3) is 0.0714. The second kappa shape index (κ2) is 4.89. The van der Waals surface area contributed by atoms with Gasteiger partial charge in [0.1, 0.15) is 5.75 Å². The topological polar surface area (TPSA) is 61.0 Å². The van der Waals surface area contributed by atoms with E-state index in [1.165, 1.54) is 0 Å². The summed E-state index contributed by atoms with van der Waals surface area (Å²) in [6, 6.07) is 11.2. The first-order chi connectivity index (χ1) is 9.38. The molecule has 19 heavy (non-hydrogen) atoms. The van der Waals surface area contributed by atoms with Crippen LogP contribution in [-0.4, -0.2) is 22.3 Å². The SMILES string of the molecule is COc1ccccc1-c1nnc(-c2cccnc2)o1. The van der Waals surface area contributed by atoms with Gasteiger partial charge in [-0.05, 0) is 24.3 Å². The first-order valence-electron chi connectivity index (χ1n) is 5.76. The minimum absolute atomic E-state index is 0.427. The molecule has 0 aliphatic heterocycles. The lowest BCUT2D eigenvalue weighted by atomic mass is 10.2. The molecule has 0 unspecified atom stereocenters. The Morgan fingerprint density at radius 2 is 1.84 bits per heavy atom. The second-order valence-corrected chi connectivity index (χ2v) is 3.85. The predicted octanol–water partition coefficient (Wildman–Crippen LogP) is 2.81. The fourth-order valence-corrected chi connectivity index (χ4v) is 1.76. The smallest absolute Gasteiger partial charge is 0.251 e. The van der Waals surface area contributed by atoms with Crippen molar-refractivity contribution in [3.63, 3.8) is 0 Å². The Morgan fingerprint density at radius 1 is 1.00 bits per heavy atom. The van der Waals surface area contributed by atoms with Crippen molar-refractivity contribution in [2.45, 2.75) is 0 Å². The van der Waals surface area contributed by atoms with Crippen LogP contribution in [0.2, 0.25) is 0 Å². The summed E-state index contributed by atoms with van der Waals surface area (Å²) >= 11 is 0. The standard InChI is InChI=1S/C14H11N3O2/c1-18-12-7-3-2-6-11(12)14-17-16-13(19-14)10-5-4-8-15-9-10/h2-9H,1H3. The molecule has 5 nitrogen and oxygen atoms in total. The molecule has 0 saturated heterocycles. The largest absolute Gasteiger partial charge is 0.496 e. The average molecular weight is 253 g/mol. The molecular formula is C14H11N3O2. The number of ether oxygens (including phenoxy) is 1. The van der Waals surface area contributed by atoms with Crippen LogP contribution in [0.5, 0.6) is 5.75 Å². The third kappa shape index (κ3) is 2.18. The van der Waals surface area contributed by atoms with E-state index >= 15 is 0 Å². The number of rotatable bonds is 3. The molecule has 0 aliphatic carbocycles. The van der Waals surface area contributed by atoms with Crippen molar-refractivity contribution in [2.75, 3.05) is 7.11 Å². The summed E-state index contributed by atoms with van der Waals surface area (Å²) in [5.74, 6) is 1.56. The normalized spacial score (nSPS) is 10.4. The molecule has 0 aliphatic rings. The number of benzene rings is 1. The molecule has 2 aromatic heterocycles. The molecular weight excluding hydrogens is 242 g/mol. The molecule has 0 atom stereocenters. The van der Waals surface area contributed by atoms with Crippen LogP contribution in [0.15, 0.2) is 53.2 Å². The Balaban J connectivity index is 2.02. The van der Waals surface area contributed by atoms with Crippen LogP contribution >= 0.6 is 0 Å². The zero-order valence-electron chi connectivity index (χ0n) is 10.3. The lowest BCUT2D eigenvalue weighted by Gasteiger charge is -2.03. The van der Waals surface area contributed by atoms with Crippen LogP contribution in [0.25, 0.3) is 22.9 Å². The molecule has 1 aromatic carbocycles. The number of hydrogen-bond acceptors (Lipinski definition) is 5. The lowest BCUT2D eigenvalue weighted by molar-refractivity contribution is 0.414. The number of pyridine rings is 1. The molecule has 94 valence electrons. The highest BCUT2D eigenvalue weighted by Crippen LogP contribution is 2.30. The third-order valence-electron chi connectivity index (χ3n) is 2.67. The minimum Gasteiger partial charge on any atom is -0.496 e. The van der Waals surface area contributed by atoms with Crippen molar-refractivity contribution in [1.82, 2.24) is 15.2 Å². The summed E-state index contributed by atoms with van der Waals surface area (Å²) in [4.78, 5) is 4.02. The van der Waals surface area contributed by atoms with Crippen LogP contribution in [-0.2, 0) is 0 Å². The van der Waals surface area contributed by atoms with Gasteiger partial charge in [0.25, 0.3) is 5.89 Å². The zero-order chi connectivity index (χ0) is 13.1. The Bertz CT molecular complexity index is 680. The van der Waals surface area contributed by atoms with Crippen LogP contribution < -0.4 is 4.74 Å². The average Bonchev–Trinajstić information content (AvgIpc) is 2.98. The molecule has 0 amide bonds. The summed E-state index contributed by atoms with van der Waals surface area (Å²) in [5, 5.41) is 8.07. The molecule has 0 bridgehead atoms. The van der Waals surface area contributed by atoms with Crippen molar-refractivity contribution in [3.8, 4) is 28.7 Å². The summed E-state index contributed by atoms with van der Waals surface area (Å²) in [6.45, 7) is 0. The highest BCUT2D eigenvalue weighted by molar-refractivity contribution is 5.63. The van der Waals surface area contributed by atoms with Crippen LogP contribution in [0.4, 0.5) is 0 Å². The second-order valence-electron chi connectivity index (χ2n) is 3.85. The van der Waals surface area contributed by atoms with Crippen molar-refractivity contribution < 1.29 is 9.15 Å². The van der Waals surface area contributed by atoms with E-state index in [9.17, 15) is 0 Å². The summed E-state index contributed by atoms with van der Waals surface area (Å²) in [6.07, 6.45) is 3.38. The van der Waals surface area contributed by atoms with E-state index in [-0.39, 0.29) is 0 Å². The van der Waals surface area contributed by atoms with Gasteiger partial charge in [-0.3, -0.25) is 4.98 Å². The molecule has 0 spiro atoms. The minimum atomic E-state index is 0.427. The zero-order valence-corrected chi connectivity index (χ0v) is 10.3. The van der Waals surface area contributed by atoms with E-state index in [0.717, 1.165) is 11.1 Å². The van der Waals surface area contributed by atoms with Gasteiger partial charge in [-0.2, -0.15) is 0 Å². The maximum Gasteiger partial charge on any atom is 0.251 e. The Hall–Kier alpha value is -2.69. The van der Waals surface area contributed by atoms with E-state index in [1.54, 1.807) is 19.5 Å². The predicted molar refractivity (Wildman–Crippen MR) is 69.5 cm³/mol. The number of nitrogens with zero attached hydrogens (tertiary/aromatic N) is 3.